The number of rotatable bonds is 17. The second-order valence-electron chi connectivity index (χ2n) is 7.59. The van der Waals surface area contributed by atoms with Crippen molar-refractivity contribution in [2.75, 3.05) is 6.73 Å². The molecule has 0 unspecified atom stereocenters. The van der Waals surface area contributed by atoms with Crippen LogP contribution in [0.3, 0.4) is 0 Å². The minimum atomic E-state index is -0.327. The molecule has 2 N–H and O–H groups in total. The number of hydrogen-bond acceptors (Lipinski definition) is 2. The van der Waals surface area contributed by atoms with Crippen LogP contribution in [0.15, 0.2) is 24.5 Å². The lowest BCUT2D eigenvalue weighted by Gasteiger charge is -2.03. The number of halogens is 1. The molecule has 4 nitrogen and oxygen atoms in total. The number of nitrogens with one attached hydrogen (secondary N) is 1. The third kappa shape index (κ3) is 14.1. The number of carbonyl (C=O) groups is 1. The Bertz CT molecular complexity index is 497. The number of hydrogen-bond donors (Lipinski definition) is 2. The van der Waals surface area contributed by atoms with Gasteiger partial charge in [0.1, 0.15) is 18.8 Å². The van der Waals surface area contributed by atoms with Crippen LogP contribution < -0.4 is 9.88 Å². The summed E-state index contributed by atoms with van der Waals surface area (Å²) in [7, 11) is 0. The normalized spacial score (nSPS) is 10.5. The average molecular weight is 459 g/mol. The van der Waals surface area contributed by atoms with E-state index < -0.39 is 0 Å². The predicted molar refractivity (Wildman–Crippen MR) is 122 cm³/mol. The van der Waals surface area contributed by atoms with E-state index in [2.05, 4.69) is 16.8 Å². The van der Waals surface area contributed by atoms with Crippen molar-refractivity contribution in [1.82, 2.24) is 5.32 Å². The van der Waals surface area contributed by atoms with Gasteiger partial charge >= 0.3 is 0 Å². The first kappa shape index (κ1) is 27.1. The van der Waals surface area contributed by atoms with E-state index in [1.807, 2.05) is 18.5 Å². The summed E-state index contributed by atoms with van der Waals surface area (Å²) in [5.41, 5.74) is 0.594. The fraction of sp³-hybridized carbons (Fsp3) is 0.739. The molecular formula is C23H42BrN2O2+. The van der Waals surface area contributed by atoms with Crippen molar-refractivity contribution in [1.29, 1.82) is 0 Å². The van der Waals surface area contributed by atoms with Crippen LogP contribution >= 0.6 is 17.0 Å². The molecule has 0 spiro atoms. The maximum atomic E-state index is 11.7. The van der Waals surface area contributed by atoms with Crippen LogP contribution in [0.2, 0.25) is 0 Å². The van der Waals surface area contributed by atoms with Crippen LogP contribution in [-0.4, -0.2) is 17.7 Å². The highest BCUT2D eigenvalue weighted by molar-refractivity contribution is 8.93. The van der Waals surface area contributed by atoms with E-state index in [1.54, 1.807) is 6.07 Å². The molecule has 28 heavy (non-hydrogen) atoms. The van der Waals surface area contributed by atoms with Crippen molar-refractivity contribution in [3.63, 3.8) is 0 Å². The number of unbranched alkanes of at least 4 members (excludes halogenated alkanes) is 13. The third-order valence-corrected chi connectivity index (χ3v) is 5.13. The quantitative estimate of drug-likeness (QED) is 0.178. The molecule has 1 heterocycles. The highest BCUT2D eigenvalue weighted by Gasteiger charge is 2.09. The average Bonchev–Trinajstić information content (AvgIpc) is 2.68. The predicted octanol–water partition coefficient (Wildman–Crippen LogP) is 5.71. The van der Waals surface area contributed by atoms with Crippen LogP contribution in [0, 0.1) is 0 Å². The summed E-state index contributed by atoms with van der Waals surface area (Å²) >= 11 is 0. The van der Waals surface area contributed by atoms with Crippen molar-refractivity contribution >= 4 is 22.9 Å². The Morgan fingerprint density at radius 1 is 0.893 bits per heavy atom. The second-order valence-corrected chi connectivity index (χ2v) is 7.59. The van der Waals surface area contributed by atoms with Crippen molar-refractivity contribution in [2.24, 2.45) is 0 Å². The molecule has 1 amide bonds. The van der Waals surface area contributed by atoms with Crippen molar-refractivity contribution < 1.29 is 14.5 Å². The number of pyridine rings is 1. The zero-order chi connectivity index (χ0) is 19.6. The molecular weight excluding hydrogens is 416 g/mol. The van der Waals surface area contributed by atoms with Crippen molar-refractivity contribution in [2.45, 2.75) is 103 Å². The topological polar surface area (TPSA) is 53.2 Å². The van der Waals surface area contributed by atoms with Gasteiger partial charge < -0.3 is 10.4 Å². The lowest BCUT2D eigenvalue weighted by molar-refractivity contribution is -0.697. The molecule has 0 aliphatic carbocycles. The van der Waals surface area contributed by atoms with Gasteiger partial charge in [0.15, 0.2) is 12.4 Å². The van der Waals surface area contributed by atoms with E-state index in [4.69, 9.17) is 5.11 Å². The molecule has 162 valence electrons. The number of amides is 1. The zero-order valence-corrected chi connectivity index (χ0v) is 19.5. The summed E-state index contributed by atoms with van der Waals surface area (Å²) in [5, 5.41) is 11.2. The second kappa shape index (κ2) is 19.4. The molecule has 1 aromatic heterocycles. The number of aliphatic hydroxyl groups is 1. The summed E-state index contributed by atoms with van der Waals surface area (Å²) < 4.78 is 2.06. The Labute approximate surface area is 182 Å². The van der Waals surface area contributed by atoms with Gasteiger partial charge in [-0.1, -0.05) is 84.0 Å². The minimum absolute atomic E-state index is 0. The summed E-state index contributed by atoms with van der Waals surface area (Å²) in [4.78, 5) is 11.7. The van der Waals surface area contributed by atoms with Gasteiger partial charge in [0.2, 0.25) is 0 Å². The van der Waals surface area contributed by atoms with E-state index in [0.29, 0.717) is 5.56 Å². The number of aryl methyl sites for hydroxylation is 1. The Kier molecular flexibility index (Phi) is 18.7. The maximum absolute atomic E-state index is 11.7. The Hall–Kier alpha value is -0.940. The standard InChI is InChI=1S/C23H40N2O2.BrH/c1-2-3-4-5-6-7-8-9-10-11-12-13-14-15-18-25-19-16-17-22(20-25)23(27)24-21-26;/h16-17,19-20,26H,2-15,18,21H2,1H3;1H/p+1. The van der Waals surface area contributed by atoms with Crippen LogP contribution in [-0.2, 0) is 6.54 Å². The van der Waals surface area contributed by atoms with Crippen molar-refractivity contribution in [3.05, 3.63) is 30.1 Å². The SMILES string of the molecule is Br.CCCCCCCCCCCCCCCC[n+]1cccc(C(=O)NCO)c1. The van der Waals surface area contributed by atoms with Gasteiger partial charge in [0.25, 0.3) is 5.91 Å². The van der Waals surface area contributed by atoms with E-state index in [0.717, 1.165) is 13.0 Å². The lowest BCUT2D eigenvalue weighted by Crippen LogP contribution is -2.35. The van der Waals surface area contributed by atoms with Crippen molar-refractivity contribution in [3.8, 4) is 0 Å². The summed E-state index contributed by atoms with van der Waals surface area (Å²) in [6.45, 7) is 2.89. The molecule has 0 fully saturated rings. The molecule has 0 aliphatic rings. The molecule has 0 saturated carbocycles. The summed E-state index contributed by atoms with van der Waals surface area (Å²) in [6, 6.07) is 3.66. The highest BCUT2D eigenvalue weighted by Crippen LogP contribution is 2.12. The number of nitrogens with zero attached hydrogens (tertiary/aromatic N) is 1. The van der Waals surface area contributed by atoms with Gasteiger partial charge in [-0.3, -0.25) is 4.79 Å². The molecule has 0 saturated heterocycles. The van der Waals surface area contributed by atoms with Gasteiger partial charge in [-0.2, -0.15) is 0 Å². The first-order chi connectivity index (χ1) is 13.3. The maximum Gasteiger partial charge on any atom is 0.259 e. The first-order valence-corrected chi connectivity index (χ1v) is 11.2. The first-order valence-electron chi connectivity index (χ1n) is 11.2. The number of aromatic nitrogens is 1. The van der Waals surface area contributed by atoms with Gasteiger partial charge in [-0.05, 0) is 12.5 Å². The molecule has 1 aromatic rings. The third-order valence-electron chi connectivity index (χ3n) is 5.13. The molecule has 1 rings (SSSR count). The van der Waals surface area contributed by atoms with Gasteiger partial charge in [0, 0.05) is 12.5 Å². The zero-order valence-electron chi connectivity index (χ0n) is 17.8. The van der Waals surface area contributed by atoms with Gasteiger partial charge in [-0.25, -0.2) is 4.57 Å². The molecule has 0 atom stereocenters. The highest BCUT2D eigenvalue weighted by atomic mass is 79.9. The molecule has 5 heteroatoms. The Balaban J connectivity index is 0.00000729. The smallest absolute Gasteiger partial charge is 0.259 e. The Morgan fingerprint density at radius 2 is 1.39 bits per heavy atom. The number of aliphatic hydroxyl groups excluding tert-OH is 1. The van der Waals surface area contributed by atoms with E-state index in [1.165, 1.54) is 83.5 Å². The molecule has 0 bridgehead atoms. The Morgan fingerprint density at radius 3 is 1.89 bits per heavy atom. The van der Waals surface area contributed by atoms with Crippen LogP contribution in [0.1, 0.15) is 107 Å². The summed E-state index contributed by atoms with van der Waals surface area (Å²) in [6.07, 6.45) is 23.0. The molecule has 0 aromatic carbocycles. The molecule has 0 radical (unpaired) electrons. The van der Waals surface area contributed by atoms with E-state index in [-0.39, 0.29) is 29.6 Å². The fourth-order valence-corrected chi connectivity index (χ4v) is 3.46. The van der Waals surface area contributed by atoms with Crippen LogP contribution in [0.5, 0.6) is 0 Å². The molecule has 0 aliphatic heterocycles. The van der Waals surface area contributed by atoms with Crippen LogP contribution in [0.25, 0.3) is 0 Å². The monoisotopic (exact) mass is 457 g/mol. The van der Waals surface area contributed by atoms with Gasteiger partial charge in [-0.15, -0.1) is 17.0 Å². The fourth-order valence-electron chi connectivity index (χ4n) is 3.46. The van der Waals surface area contributed by atoms with Gasteiger partial charge in [0.05, 0.1) is 0 Å². The largest absolute Gasteiger partial charge is 0.376 e. The van der Waals surface area contributed by atoms with E-state index >= 15 is 0 Å². The lowest BCUT2D eigenvalue weighted by atomic mass is 10.0. The van der Waals surface area contributed by atoms with Crippen LogP contribution in [0.4, 0.5) is 0 Å². The minimum Gasteiger partial charge on any atom is -0.376 e. The van der Waals surface area contributed by atoms with E-state index in [9.17, 15) is 4.79 Å². The number of carbonyl (C=O) groups excluding carboxylic acids is 1. The summed E-state index contributed by atoms with van der Waals surface area (Å²) in [5.74, 6) is -0.229.